The molecule has 0 bridgehead atoms. The molecule has 0 aliphatic carbocycles. The van der Waals surface area contributed by atoms with Crippen molar-refractivity contribution in [2.75, 3.05) is 0 Å². The van der Waals surface area contributed by atoms with Crippen molar-refractivity contribution in [1.82, 2.24) is 4.57 Å². The van der Waals surface area contributed by atoms with E-state index in [0.29, 0.717) is 17.2 Å². The number of carbonyl (C=O) groups excluding carboxylic acids is 1. The van der Waals surface area contributed by atoms with Crippen molar-refractivity contribution in [3.8, 4) is 0 Å². The first kappa shape index (κ1) is 15.5. The Hall–Kier alpha value is -2.42. The first-order chi connectivity index (χ1) is 11.1. The van der Waals surface area contributed by atoms with Gasteiger partial charge in [-0.3, -0.25) is 4.79 Å². The lowest BCUT2D eigenvalue weighted by atomic mass is 10.0. The van der Waals surface area contributed by atoms with E-state index in [2.05, 4.69) is 18.4 Å². The van der Waals surface area contributed by atoms with Crippen LogP contribution >= 0.6 is 0 Å². The monoisotopic (exact) mass is 309 g/mol. The van der Waals surface area contributed by atoms with E-state index in [-0.39, 0.29) is 11.6 Å². The summed E-state index contributed by atoms with van der Waals surface area (Å²) in [5, 5.41) is 0.949. The molecule has 0 radical (unpaired) electrons. The number of para-hydroxylation sites is 1. The Kier molecular flexibility index (Phi) is 4.28. The van der Waals surface area contributed by atoms with Crippen molar-refractivity contribution < 1.29 is 9.18 Å². The molecule has 23 heavy (non-hydrogen) atoms. The second-order valence-electron chi connectivity index (χ2n) is 5.94. The van der Waals surface area contributed by atoms with Gasteiger partial charge in [-0.25, -0.2) is 4.39 Å². The molecule has 0 saturated heterocycles. The number of hydrogen-bond donors (Lipinski definition) is 0. The maximum atomic E-state index is 13.1. The normalized spacial score (nSPS) is 12.5. The van der Waals surface area contributed by atoms with Gasteiger partial charge in [0.1, 0.15) is 5.82 Å². The van der Waals surface area contributed by atoms with Crippen LogP contribution < -0.4 is 0 Å². The van der Waals surface area contributed by atoms with Crippen molar-refractivity contribution in [1.29, 1.82) is 0 Å². The van der Waals surface area contributed by atoms with Gasteiger partial charge < -0.3 is 4.57 Å². The van der Waals surface area contributed by atoms with E-state index in [0.717, 1.165) is 23.7 Å². The second-order valence-corrected chi connectivity index (χ2v) is 5.94. The highest BCUT2D eigenvalue weighted by atomic mass is 19.1. The van der Waals surface area contributed by atoms with Crippen LogP contribution in [0.3, 0.4) is 0 Å². The van der Waals surface area contributed by atoms with E-state index in [1.807, 2.05) is 30.5 Å². The largest absolute Gasteiger partial charge is 0.344 e. The summed E-state index contributed by atoms with van der Waals surface area (Å²) in [6.07, 6.45) is 4.09. The van der Waals surface area contributed by atoms with Crippen molar-refractivity contribution in [2.24, 2.45) is 0 Å². The summed E-state index contributed by atoms with van der Waals surface area (Å²) < 4.78 is 15.3. The number of hydrogen-bond acceptors (Lipinski definition) is 1. The Bertz CT molecular complexity index is 832. The summed E-state index contributed by atoms with van der Waals surface area (Å²) in [5.74, 6) is -0.399. The van der Waals surface area contributed by atoms with Crippen LogP contribution in [0.5, 0.6) is 0 Å². The molecule has 1 heterocycles. The lowest BCUT2D eigenvalue weighted by Gasteiger charge is -2.13. The number of aromatic nitrogens is 1. The van der Waals surface area contributed by atoms with Crippen LogP contribution in [0, 0.1) is 5.82 Å². The predicted octanol–water partition coefficient (Wildman–Crippen LogP) is 5.37. The van der Waals surface area contributed by atoms with Crippen molar-refractivity contribution in [3.05, 3.63) is 71.7 Å². The van der Waals surface area contributed by atoms with Crippen LogP contribution in [-0.4, -0.2) is 10.4 Å². The molecule has 3 rings (SSSR count). The molecule has 1 unspecified atom stereocenters. The number of fused-ring (bicyclic) bond motifs is 1. The first-order valence-electron chi connectivity index (χ1n) is 8.01. The summed E-state index contributed by atoms with van der Waals surface area (Å²) in [5.41, 5.74) is 2.26. The molecule has 0 fully saturated rings. The van der Waals surface area contributed by atoms with Gasteiger partial charge in [-0.2, -0.15) is 0 Å². The molecular formula is C20H20FNO. The van der Waals surface area contributed by atoms with Crippen LogP contribution in [0.2, 0.25) is 0 Å². The average Bonchev–Trinajstić information content (AvgIpc) is 2.95. The zero-order valence-corrected chi connectivity index (χ0v) is 13.4. The van der Waals surface area contributed by atoms with Crippen LogP contribution in [0.25, 0.3) is 10.9 Å². The molecule has 0 N–H and O–H groups in total. The van der Waals surface area contributed by atoms with E-state index in [4.69, 9.17) is 0 Å². The molecule has 2 aromatic carbocycles. The predicted molar refractivity (Wildman–Crippen MR) is 91.4 cm³/mol. The van der Waals surface area contributed by atoms with Gasteiger partial charge in [0, 0.05) is 34.3 Å². The molecule has 3 aromatic rings. The van der Waals surface area contributed by atoms with Gasteiger partial charge >= 0.3 is 0 Å². The summed E-state index contributed by atoms with van der Waals surface area (Å²) in [7, 11) is 0. The fraction of sp³-hybridized carbons (Fsp3) is 0.250. The Labute approximate surface area is 135 Å². The Morgan fingerprint density at radius 1 is 1.13 bits per heavy atom. The van der Waals surface area contributed by atoms with E-state index in [9.17, 15) is 9.18 Å². The average molecular weight is 309 g/mol. The Morgan fingerprint density at radius 3 is 2.52 bits per heavy atom. The summed E-state index contributed by atoms with van der Waals surface area (Å²) in [6.45, 7) is 4.33. The maximum Gasteiger partial charge on any atom is 0.195 e. The number of halogens is 1. The lowest BCUT2D eigenvalue weighted by molar-refractivity contribution is 0.104. The van der Waals surface area contributed by atoms with Gasteiger partial charge in [0.25, 0.3) is 0 Å². The van der Waals surface area contributed by atoms with E-state index in [1.165, 1.54) is 12.1 Å². The van der Waals surface area contributed by atoms with Crippen molar-refractivity contribution in [3.63, 3.8) is 0 Å². The molecule has 0 saturated carbocycles. The standard InChI is InChI=1S/C20H20FNO/c1-3-6-14(2)22-13-18(17-7-4-5-8-19(17)22)20(23)15-9-11-16(21)12-10-15/h4-5,7-14H,3,6H2,1-2H3. The highest BCUT2D eigenvalue weighted by molar-refractivity contribution is 6.16. The molecular weight excluding hydrogens is 289 g/mol. The minimum atomic E-state index is -0.333. The molecule has 118 valence electrons. The van der Waals surface area contributed by atoms with Gasteiger partial charge in [0.15, 0.2) is 5.78 Å². The topological polar surface area (TPSA) is 22.0 Å². The zero-order chi connectivity index (χ0) is 16.4. The third-order valence-electron chi connectivity index (χ3n) is 4.27. The van der Waals surface area contributed by atoms with Crippen molar-refractivity contribution in [2.45, 2.75) is 32.7 Å². The molecule has 0 aliphatic rings. The van der Waals surface area contributed by atoms with Crippen molar-refractivity contribution >= 4 is 16.7 Å². The fourth-order valence-corrected chi connectivity index (χ4v) is 3.06. The summed E-state index contributed by atoms with van der Waals surface area (Å²) >= 11 is 0. The SMILES string of the molecule is CCCC(C)n1cc(C(=O)c2ccc(F)cc2)c2ccccc21. The minimum Gasteiger partial charge on any atom is -0.344 e. The number of benzene rings is 2. The lowest BCUT2D eigenvalue weighted by Crippen LogP contribution is -2.04. The third kappa shape index (κ3) is 2.91. The van der Waals surface area contributed by atoms with E-state index in [1.54, 1.807) is 12.1 Å². The van der Waals surface area contributed by atoms with E-state index < -0.39 is 0 Å². The van der Waals surface area contributed by atoms with Crippen LogP contribution in [0.4, 0.5) is 4.39 Å². The Morgan fingerprint density at radius 2 is 1.83 bits per heavy atom. The molecule has 0 aliphatic heterocycles. The number of carbonyl (C=O) groups is 1. The van der Waals surface area contributed by atoms with Crippen LogP contribution in [0.1, 0.15) is 48.7 Å². The molecule has 1 aromatic heterocycles. The zero-order valence-electron chi connectivity index (χ0n) is 13.4. The smallest absolute Gasteiger partial charge is 0.195 e. The minimum absolute atomic E-state index is 0.0661. The van der Waals surface area contributed by atoms with Gasteiger partial charge in [0.2, 0.25) is 0 Å². The highest BCUT2D eigenvalue weighted by Crippen LogP contribution is 2.28. The summed E-state index contributed by atoms with van der Waals surface area (Å²) in [6, 6.07) is 14.0. The maximum absolute atomic E-state index is 13.1. The highest BCUT2D eigenvalue weighted by Gasteiger charge is 2.18. The molecule has 0 spiro atoms. The molecule has 2 nitrogen and oxygen atoms in total. The molecule has 0 amide bonds. The number of ketones is 1. The van der Waals surface area contributed by atoms with Crippen LogP contribution in [0.15, 0.2) is 54.7 Å². The first-order valence-corrected chi connectivity index (χ1v) is 8.01. The molecule has 1 atom stereocenters. The fourth-order valence-electron chi connectivity index (χ4n) is 3.06. The van der Waals surface area contributed by atoms with Gasteiger partial charge in [-0.15, -0.1) is 0 Å². The quantitative estimate of drug-likeness (QED) is 0.580. The second kappa shape index (κ2) is 6.37. The number of rotatable bonds is 5. The molecule has 3 heteroatoms. The summed E-state index contributed by atoms with van der Waals surface area (Å²) in [4.78, 5) is 12.8. The van der Waals surface area contributed by atoms with Crippen LogP contribution in [-0.2, 0) is 0 Å². The number of nitrogens with zero attached hydrogens (tertiary/aromatic N) is 1. The third-order valence-corrected chi connectivity index (χ3v) is 4.27. The van der Waals surface area contributed by atoms with Gasteiger partial charge in [-0.1, -0.05) is 31.5 Å². The van der Waals surface area contributed by atoms with Gasteiger partial charge in [-0.05, 0) is 43.7 Å². The van der Waals surface area contributed by atoms with E-state index >= 15 is 0 Å². The Balaban J connectivity index is 2.10. The van der Waals surface area contributed by atoms with Gasteiger partial charge in [0.05, 0.1) is 0 Å².